The summed E-state index contributed by atoms with van der Waals surface area (Å²) in [7, 11) is 0. The number of aliphatic carboxylic acids is 1. The first-order valence-electron chi connectivity index (χ1n) is 13.2. The maximum atomic E-state index is 12.8. The second kappa shape index (κ2) is 11.2. The molecular weight excluding hydrogens is 523 g/mol. The van der Waals surface area contributed by atoms with Crippen molar-refractivity contribution in [1.82, 2.24) is 14.5 Å². The third-order valence-corrected chi connectivity index (χ3v) is 7.33. The summed E-state index contributed by atoms with van der Waals surface area (Å²) >= 11 is 0. The monoisotopic (exact) mass is 553 g/mol. The van der Waals surface area contributed by atoms with Crippen LogP contribution in [0.2, 0.25) is 0 Å². The van der Waals surface area contributed by atoms with Crippen LogP contribution in [0.5, 0.6) is 11.5 Å². The minimum absolute atomic E-state index is 0.259. The van der Waals surface area contributed by atoms with Gasteiger partial charge < -0.3 is 19.1 Å². The van der Waals surface area contributed by atoms with E-state index in [0.717, 1.165) is 35.2 Å². The zero-order valence-corrected chi connectivity index (χ0v) is 22.2. The Labute approximate surface area is 229 Å². The van der Waals surface area contributed by atoms with Gasteiger partial charge in [0.2, 0.25) is 0 Å². The van der Waals surface area contributed by atoms with Gasteiger partial charge >= 0.3 is 12.3 Å². The summed E-state index contributed by atoms with van der Waals surface area (Å²) in [5.74, 6) is -0.683. The standard InChI is InChI=1S/C30H30F3N3O4/c1-18-7-9-21(34-15-18)17-39-22-10-11-25-26(14-22)36(28(35-25)23-5-3-4-6-24(23)29(37)38)16-20-8-12-27(19(2)13-20)40-30(31,32)33/h7-15,23-24H,3-6,16-17H2,1-2H3,(H,37,38)/t23-,24+/m0/s1. The lowest BCUT2D eigenvalue weighted by Crippen LogP contribution is -2.27. The number of ether oxygens (including phenoxy) is 2. The SMILES string of the molecule is Cc1ccc(COc2ccc3nc([C@H]4CCCC[C@H]4C(=O)O)n(Cc4ccc(OC(F)(F)F)c(C)c4)c3c2)nc1. The van der Waals surface area contributed by atoms with Crippen molar-refractivity contribution in [1.29, 1.82) is 0 Å². The van der Waals surface area contributed by atoms with Gasteiger partial charge in [0.1, 0.15) is 23.9 Å². The number of carboxylic acids is 1. The van der Waals surface area contributed by atoms with Crippen LogP contribution in [0.1, 0.15) is 59.8 Å². The molecule has 0 saturated heterocycles. The highest BCUT2D eigenvalue weighted by Crippen LogP contribution is 2.40. The summed E-state index contributed by atoms with van der Waals surface area (Å²) in [6.45, 7) is 4.09. The van der Waals surface area contributed by atoms with Gasteiger partial charge in [-0.05, 0) is 67.6 Å². The Kier molecular flexibility index (Phi) is 7.69. The van der Waals surface area contributed by atoms with E-state index < -0.39 is 18.2 Å². The van der Waals surface area contributed by atoms with E-state index in [2.05, 4.69) is 9.72 Å². The first-order chi connectivity index (χ1) is 19.1. The van der Waals surface area contributed by atoms with E-state index in [1.54, 1.807) is 25.3 Å². The van der Waals surface area contributed by atoms with Gasteiger partial charge in [-0.25, -0.2) is 4.98 Å². The van der Waals surface area contributed by atoms with E-state index in [4.69, 9.17) is 9.72 Å². The predicted octanol–water partition coefficient (Wildman–Crippen LogP) is 6.93. The molecule has 0 unspecified atom stereocenters. The third kappa shape index (κ3) is 6.21. The first kappa shape index (κ1) is 27.5. The molecule has 4 aromatic rings. The number of aryl methyl sites for hydroxylation is 2. The fourth-order valence-electron chi connectivity index (χ4n) is 5.37. The summed E-state index contributed by atoms with van der Waals surface area (Å²) in [5, 5.41) is 9.96. The molecule has 0 radical (unpaired) electrons. The van der Waals surface area contributed by atoms with Gasteiger partial charge in [-0.3, -0.25) is 9.78 Å². The molecular formula is C30H30F3N3O4. The lowest BCUT2D eigenvalue weighted by Gasteiger charge is -2.28. The fourth-order valence-corrected chi connectivity index (χ4v) is 5.37. The minimum Gasteiger partial charge on any atom is -0.487 e. The van der Waals surface area contributed by atoms with Gasteiger partial charge in [0.25, 0.3) is 0 Å². The maximum absolute atomic E-state index is 12.8. The van der Waals surface area contributed by atoms with Gasteiger partial charge in [-0.15, -0.1) is 13.2 Å². The van der Waals surface area contributed by atoms with Crippen LogP contribution in [-0.4, -0.2) is 32.0 Å². The Morgan fingerprint density at radius 3 is 2.58 bits per heavy atom. The molecule has 1 saturated carbocycles. The Hall–Kier alpha value is -4.08. The minimum atomic E-state index is -4.78. The molecule has 10 heteroatoms. The van der Waals surface area contributed by atoms with Gasteiger partial charge in [0.15, 0.2) is 0 Å². The largest absolute Gasteiger partial charge is 0.573 e. The highest BCUT2D eigenvalue weighted by molar-refractivity contribution is 5.79. The lowest BCUT2D eigenvalue weighted by atomic mass is 9.78. The van der Waals surface area contributed by atoms with Gasteiger partial charge in [-0.1, -0.05) is 31.0 Å². The Morgan fingerprint density at radius 2 is 1.88 bits per heavy atom. The molecule has 0 bridgehead atoms. The molecule has 40 heavy (non-hydrogen) atoms. The van der Waals surface area contributed by atoms with Crippen LogP contribution in [0.3, 0.4) is 0 Å². The number of aromatic nitrogens is 3. The van der Waals surface area contributed by atoms with Gasteiger partial charge in [-0.2, -0.15) is 0 Å². The molecule has 0 aliphatic heterocycles. The number of hydrogen-bond acceptors (Lipinski definition) is 5. The van der Waals surface area contributed by atoms with E-state index >= 15 is 0 Å². The van der Waals surface area contributed by atoms with Crippen LogP contribution >= 0.6 is 0 Å². The lowest BCUT2D eigenvalue weighted by molar-refractivity contribution is -0.274. The van der Waals surface area contributed by atoms with Gasteiger partial charge in [0, 0.05) is 24.7 Å². The molecule has 0 amide bonds. The molecule has 0 spiro atoms. The summed E-state index contributed by atoms with van der Waals surface area (Å²) < 4.78 is 50.5. The van der Waals surface area contributed by atoms with Crippen molar-refractivity contribution in [3.05, 3.63) is 82.9 Å². The molecule has 210 valence electrons. The number of nitrogens with zero attached hydrogens (tertiary/aromatic N) is 3. The molecule has 2 aromatic heterocycles. The van der Waals surface area contributed by atoms with E-state index in [9.17, 15) is 23.1 Å². The second-order valence-electron chi connectivity index (χ2n) is 10.3. The smallest absolute Gasteiger partial charge is 0.487 e. The summed E-state index contributed by atoms with van der Waals surface area (Å²) in [4.78, 5) is 21.4. The number of carboxylic acid groups (broad SMARTS) is 1. The predicted molar refractivity (Wildman–Crippen MR) is 142 cm³/mol. The molecule has 2 heterocycles. The molecule has 1 aliphatic rings. The molecule has 5 rings (SSSR count). The van der Waals surface area contributed by atoms with Crippen molar-refractivity contribution < 1.29 is 32.5 Å². The van der Waals surface area contributed by atoms with Crippen LogP contribution in [0.15, 0.2) is 54.7 Å². The van der Waals surface area contributed by atoms with Gasteiger partial charge in [0.05, 0.1) is 22.6 Å². The molecule has 2 atom stereocenters. The van der Waals surface area contributed by atoms with Crippen LogP contribution in [0.25, 0.3) is 11.0 Å². The quantitative estimate of drug-likeness (QED) is 0.255. The highest BCUT2D eigenvalue weighted by Gasteiger charge is 2.35. The zero-order chi connectivity index (χ0) is 28.4. The van der Waals surface area contributed by atoms with Crippen molar-refractivity contribution in [3.8, 4) is 11.5 Å². The van der Waals surface area contributed by atoms with Crippen LogP contribution in [0, 0.1) is 19.8 Å². The normalized spacial score (nSPS) is 17.6. The van der Waals surface area contributed by atoms with Crippen molar-refractivity contribution in [2.24, 2.45) is 5.92 Å². The number of carbonyl (C=O) groups is 1. The Balaban J connectivity index is 1.52. The summed E-state index contributed by atoms with van der Waals surface area (Å²) in [5.41, 5.74) is 4.37. The maximum Gasteiger partial charge on any atom is 0.573 e. The fraction of sp³-hybridized carbons (Fsp3) is 0.367. The van der Waals surface area contributed by atoms with Crippen LogP contribution in [-0.2, 0) is 17.9 Å². The number of hydrogen-bond donors (Lipinski definition) is 1. The molecule has 1 aliphatic carbocycles. The van der Waals surface area contributed by atoms with E-state index in [-0.39, 0.29) is 18.3 Å². The van der Waals surface area contributed by atoms with Crippen molar-refractivity contribution in [2.45, 2.75) is 65.0 Å². The average molecular weight is 554 g/mol. The third-order valence-electron chi connectivity index (χ3n) is 7.33. The number of alkyl halides is 3. The second-order valence-corrected chi connectivity index (χ2v) is 10.3. The molecule has 1 fully saturated rings. The van der Waals surface area contributed by atoms with Crippen LogP contribution < -0.4 is 9.47 Å². The number of rotatable bonds is 8. The van der Waals surface area contributed by atoms with Crippen LogP contribution in [0.4, 0.5) is 13.2 Å². The number of halogens is 3. The van der Waals surface area contributed by atoms with E-state index in [1.165, 1.54) is 6.07 Å². The topological polar surface area (TPSA) is 86.5 Å². The van der Waals surface area contributed by atoms with E-state index in [0.29, 0.717) is 42.0 Å². The zero-order valence-electron chi connectivity index (χ0n) is 22.2. The highest BCUT2D eigenvalue weighted by atomic mass is 19.4. The Morgan fingerprint density at radius 1 is 1.07 bits per heavy atom. The number of benzene rings is 2. The number of pyridine rings is 1. The number of fused-ring (bicyclic) bond motifs is 1. The summed E-state index contributed by atoms with van der Waals surface area (Å²) in [6.07, 6.45) is 0.0111. The average Bonchev–Trinajstić information content (AvgIpc) is 3.26. The van der Waals surface area contributed by atoms with Crippen molar-refractivity contribution in [3.63, 3.8) is 0 Å². The molecule has 7 nitrogen and oxygen atoms in total. The first-order valence-corrected chi connectivity index (χ1v) is 13.2. The summed E-state index contributed by atoms with van der Waals surface area (Å²) in [6, 6.07) is 13.9. The number of imidazole rings is 1. The molecule has 2 aromatic carbocycles. The molecule has 1 N–H and O–H groups in total. The van der Waals surface area contributed by atoms with E-state index in [1.807, 2.05) is 41.8 Å². The van der Waals surface area contributed by atoms with Crippen molar-refractivity contribution >= 4 is 17.0 Å². The Bertz CT molecular complexity index is 1520. The van der Waals surface area contributed by atoms with Crippen molar-refractivity contribution in [2.75, 3.05) is 0 Å².